The van der Waals surface area contributed by atoms with Crippen molar-refractivity contribution >= 4 is 35.7 Å². The molecule has 0 bridgehead atoms. The fraction of sp³-hybridized carbons (Fsp3) is 0. The zero-order valence-corrected chi connectivity index (χ0v) is 10.8. The first kappa shape index (κ1) is 14.0. The quantitative estimate of drug-likeness (QED) is 0.449. The molecule has 0 spiro atoms. The maximum Gasteiger partial charge on any atom is 0.490 e. The van der Waals surface area contributed by atoms with Crippen molar-refractivity contribution in [2.75, 3.05) is 5.73 Å². The largest absolute Gasteiger partial charge is 0.490 e. The van der Waals surface area contributed by atoms with Gasteiger partial charge in [0.2, 0.25) is 0 Å². The van der Waals surface area contributed by atoms with Crippen molar-refractivity contribution in [2.24, 2.45) is 10.2 Å². The summed E-state index contributed by atoms with van der Waals surface area (Å²) in [7, 11) is -1.64. The molecule has 0 unspecified atom stereocenters. The van der Waals surface area contributed by atoms with E-state index >= 15 is 0 Å². The molecule has 0 saturated carbocycles. The molecule has 2 aromatic carbocycles. The van der Waals surface area contributed by atoms with Gasteiger partial charge in [-0.15, -0.1) is 0 Å². The van der Waals surface area contributed by atoms with E-state index in [1.54, 1.807) is 30.3 Å². The van der Waals surface area contributed by atoms with Crippen molar-refractivity contribution in [3.8, 4) is 0 Å². The Hall–Kier alpha value is -2.44. The molecule has 0 aliphatic carbocycles. The summed E-state index contributed by atoms with van der Waals surface area (Å²) in [5, 5.41) is 26.6. The van der Waals surface area contributed by atoms with E-state index in [1.807, 2.05) is 12.1 Å². The minimum Gasteiger partial charge on any atom is -0.423 e. The summed E-state index contributed by atoms with van der Waals surface area (Å²) < 4.78 is 0. The number of anilines is 1. The topological polar surface area (TPSA) is 91.2 Å². The number of hydrogen-bond donors (Lipinski definition) is 3. The standard InChI is InChI=1S/C14H14BN3O2/c1-2-10-3-6-12(7-4-10)17-18-14-8-5-11(16)9-13(14)15(19)20/h2-9,19-20H,1,16H2. The highest BCUT2D eigenvalue weighted by atomic mass is 16.4. The molecule has 0 saturated heterocycles. The van der Waals surface area contributed by atoms with Crippen molar-refractivity contribution < 1.29 is 10.0 Å². The third kappa shape index (κ3) is 3.31. The Balaban J connectivity index is 2.28. The Morgan fingerprint density at radius 2 is 1.75 bits per heavy atom. The van der Waals surface area contributed by atoms with Crippen LogP contribution >= 0.6 is 0 Å². The zero-order chi connectivity index (χ0) is 14.5. The van der Waals surface area contributed by atoms with Crippen LogP contribution in [0.25, 0.3) is 6.08 Å². The molecule has 2 rings (SSSR count). The molecule has 0 aliphatic heterocycles. The average molecular weight is 267 g/mol. The third-order valence-corrected chi connectivity index (χ3v) is 2.73. The highest BCUT2D eigenvalue weighted by molar-refractivity contribution is 6.60. The van der Waals surface area contributed by atoms with Crippen molar-refractivity contribution in [3.63, 3.8) is 0 Å². The fourth-order valence-corrected chi connectivity index (χ4v) is 1.66. The first-order valence-corrected chi connectivity index (χ1v) is 6.00. The molecular weight excluding hydrogens is 253 g/mol. The molecule has 6 heteroatoms. The number of rotatable bonds is 4. The van der Waals surface area contributed by atoms with Gasteiger partial charge in [0.05, 0.1) is 11.4 Å². The summed E-state index contributed by atoms with van der Waals surface area (Å²) in [4.78, 5) is 0. The van der Waals surface area contributed by atoms with Crippen LogP contribution in [-0.2, 0) is 0 Å². The molecule has 0 atom stereocenters. The van der Waals surface area contributed by atoms with Gasteiger partial charge in [-0.1, -0.05) is 24.8 Å². The van der Waals surface area contributed by atoms with E-state index in [0.717, 1.165) is 5.56 Å². The maximum atomic E-state index is 9.28. The van der Waals surface area contributed by atoms with Gasteiger partial charge >= 0.3 is 7.12 Å². The van der Waals surface area contributed by atoms with Crippen molar-refractivity contribution in [1.82, 2.24) is 0 Å². The first-order chi connectivity index (χ1) is 9.60. The fourth-order valence-electron chi connectivity index (χ4n) is 1.66. The van der Waals surface area contributed by atoms with Crippen LogP contribution in [0.2, 0.25) is 0 Å². The lowest BCUT2D eigenvalue weighted by molar-refractivity contribution is 0.426. The van der Waals surface area contributed by atoms with Crippen molar-refractivity contribution in [3.05, 3.63) is 54.6 Å². The summed E-state index contributed by atoms with van der Waals surface area (Å²) >= 11 is 0. The molecular formula is C14H14BN3O2. The third-order valence-electron chi connectivity index (χ3n) is 2.73. The van der Waals surface area contributed by atoms with Gasteiger partial charge in [0.25, 0.3) is 0 Å². The van der Waals surface area contributed by atoms with Crippen molar-refractivity contribution in [2.45, 2.75) is 0 Å². The Morgan fingerprint density at radius 1 is 1.05 bits per heavy atom. The van der Waals surface area contributed by atoms with Crippen LogP contribution in [0.3, 0.4) is 0 Å². The molecule has 0 aromatic heterocycles. The summed E-state index contributed by atoms with van der Waals surface area (Å²) in [6.07, 6.45) is 1.74. The molecule has 100 valence electrons. The van der Waals surface area contributed by atoms with Gasteiger partial charge in [0.15, 0.2) is 0 Å². The number of benzene rings is 2. The smallest absolute Gasteiger partial charge is 0.423 e. The van der Waals surface area contributed by atoms with Gasteiger partial charge in [-0.2, -0.15) is 10.2 Å². The van der Waals surface area contributed by atoms with Crippen LogP contribution in [0.4, 0.5) is 17.1 Å². The van der Waals surface area contributed by atoms with Crippen LogP contribution in [0.15, 0.2) is 59.3 Å². The Bertz CT molecular complexity index is 639. The molecule has 0 heterocycles. The number of azo groups is 1. The van der Waals surface area contributed by atoms with Gasteiger partial charge < -0.3 is 15.8 Å². The lowest BCUT2D eigenvalue weighted by atomic mass is 9.79. The minimum atomic E-state index is -1.64. The van der Waals surface area contributed by atoms with Crippen LogP contribution < -0.4 is 11.2 Å². The number of nitrogen functional groups attached to an aromatic ring is 1. The monoisotopic (exact) mass is 267 g/mol. The normalized spacial score (nSPS) is 10.7. The highest BCUT2D eigenvalue weighted by Crippen LogP contribution is 2.19. The number of nitrogens with zero attached hydrogens (tertiary/aromatic N) is 2. The molecule has 4 N–H and O–H groups in total. The Kier molecular flexibility index (Phi) is 4.29. The van der Waals surface area contributed by atoms with E-state index in [0.29, 0.717) is 17.1 Å². The summed E-state index contributed by atoms with van der Waals surface area (Å²) in [6, 6.07) is 12.0. The molecule has 0 fully saturated rings. The average Bonchev–Trinajstić information content (AvgIpc) is 2.46. The second-order valence-corrected chi connectivity index (χ2v) is 4.19. The second kappa shape index (κ2) is 6.14. The summed E-state index contributed by atoms with van der Waals surface area (Å²) in [6.45, 7) is 3.67. The summed E-state index contributed by atoms with van der Waals surface area (Å²) in [5.74, 6) is 0. The van der Waals surface area contributed by atoms with E-state index in [1.165, 1.54) is 6.07 Å². The minimum absolute atomic E-state index is 0.219. The molecule has 5 nitrogen and oxygen atoms in total. The highest BCUT2D eigenvalue weighted by Gasteiger charge is 2.16. The lowest BCUT2D eigenvalue weighted by Gasteiger charge is -2.04. The predicted octanol–water partition coefficient (Wildman–Crippen LogP) is 2.01. The predicted molar refractivity (Wildman–Crippen MR) is 81.4 cm³/mol. The molecule has 0 radical (unpaired) electrons. The second-order valence-electron chi connectivity index (χ2n) is 4.19. The first-order valence-electron chi connectivity index (χ1n) is 6.00. The number of hydrogen-bond acceptors (Lipinski definition) is 5. The van der Waals surface area contributed by atoms with Gasteiger partial charge in [-0.05, 0) is 35.9 Å². The van der Waals surface area contributed by atoms with Crippen LogP contribution in [0.5, 0.6) is 0 Å². The maximum absolute atomic E-state index is 9.28. The van der Waals surface area contributed by atoms with E-state index in [4.69, 9.17) is 5.73 Å². The van der Waals surface area contributed by atoms with E-state index in [9.17, 15) is 10.0 Å². The van der Waals surface area contributed by atoms with Crippen LogP contribution in [0, 0.1) is 0 Å². The van der Waals surface area contributed by atoms with E-state index in [2.05, 4.69) is 16.8 Å². The van der Waals surface area contributed by atoms with Crippen molar-refractivity contribution in [1.29, 1.82) is 0 Å². The van der Waals surface area contributed by atoms with E-state index in [-0.39, 0.29) is 5.46 Å². The Labute approximate surface area is 117 Å². The van der Waals surface area contributed by atoms with Gasteiger partial charge in [-0.3, -0.25) is 0 Å². The molecule has 0 amide bonds. The van der Waals surface area contributed by atoms with Gasteiger partial charge in [0.1, 0.15) is 0 Å². The number of nitrogens with two attached hydrogens (primary N) is 1. The van der Waals surface area contributed by atoms with Crippen LogP contribution in [-0.4, -0.2) is 17.2 Å². The molecule has 0 aliphatic rings. The molecule has 2 aromatic rings. The zero-order valence-electron chi connectivity index (χ0n) is 10.8. The SMILES string of the molecule is C=Cc1ccc(N=Nc2ccc(N)cc2B(O)O)cc1. The van der Waals surface area contributed by atoms with E-state index < -0.39 is 7.12 Å². The summed E-state index contributed by atoms with van der Waals surface area (Å²) in [5.41, 5.74) is 8.26. The molecule has 20 heavy (non-hydrogen) atoms. The van der Waals surface area contributed by atoms with Crippen LogP contribution in [0.1, 0.15) is 5.56 Å². The lowest BCUT2D eigenvalue weighted by Crippen LogP contribution is -2.30. The van der Waals surface area contributed by atoms with Gasteiger partial charge in [0, 0.05) is 11.2 Å². The Morgan fingerprint density at radius 3 is 2.35 bits per heavy atom. The van der Waals surface area contributed by atoms with Gasteiger partial charge in [-0.25, -0.2) is 0 Å².